The molecule has 0 aromatic carbocycles. The Hall–Kier alpha value is -0.900. The molecule has 0 atom stereocenters. The van der Waals surface area contributed by atoms with Crippen LogP contribution in [0.1, 0.15) is 11.5 Å². The smallest absolute Gasteiger partial charge is 0.229 e. The maximum Gasteiger partial charge on any atom is 0.229 e. The van der Waals surface area contributed by atoms with Crippen LogP contribution in [0.25, 0.3) is 0 Å². The molecule has 0 saturated carbocycles. The summed E-state index contributed by atoms with van der Waals surface area (Å²) in [6, 6.07) is 3.83. The zero-order chi connectivity index (χ0) is 9.68. The second-order valence-electron chi connectivity index (χ2n) is 2.77. The first-order valence-electron chi connectivity index (χ1n) is 4.15. The number of rotatable bonds is 4. The maximum atomic E-state index is 10.8. The average Bonchev–Trinajstić information content (AvgIpc) is 2.51. The second kappa shape index (κ2) is 4.97. The van der Waals surface area contributed by atoms with Crippen LogP contribution in [0.15, 0.2) is 16.5 Å². The summed E-state index contributed by atoms with van der Waals surface area (Å²) in [5, 5.41) is 2.71. The van der Waals surface area contributed by atoms with E-state index in [4.69, 9.17) is 4.42 Å². The van der Waals surface area contributed by atoms with Crippen molar-refractivity contribution in [1.29, 1.82) is 0 Å². The highest BCUT2D eigenvalue weighted by atomic mass is 32.1. The molecule has 1 aromatic heterocycles. The monoisotopic (exact) mass is 199 g/mol. The number of carbonyl (C=O) groups is 1. The number of amides is 1. The average molecular weight is 199 g/mol. The molecule has 1 N–H and O–H groups in total. The van der Waals surface area contributed by atoms with Gasteiger partial charge in [-0.3, -0.25) is 4.79 Å². The summed E-state index contributed by atoms with van der Waals surface area (Å²) in [6.45, 7) is 2.50. The quantitative estimate of drug-likeness (QED) is 0.715. The minimum atomic E-state index is -0.0494. The van der Waals surface area contributed by atoms with Crippen LogP contribution in [-0.4, -0.2) is 18.2 Å². The van der Waals surface area contributed by atoms with Gasteiger partial charge in [0.25, 0.3) is 0 Å². The summed E-state index contributed by atoms with van der Waals surface area (Å²) in [5.74, 6) is 1.98. The van der Waals surface area contributed by atoms with Crippen molar-refractivity contribution in [2.75, 3.05) is 12.3 Å². The topological polar surface area (TPSA) is 42.2 Å². The van der Waals surface area contributed by atoms with Gasteiger partial charge in [0.15, 0.2) is 0 Å². The van der Waals surface area contributed by atoms with E-state index in [1.165, 1.54) is 0 Å². The third kappa shape index (κ3) is 3.55. The highest BCUT2D eigenvalue weighted by Crippen LogP contribution is 2.05. The first kappa shape index (κ1) is 10.2. The summed E-state index contributed by atoms with van der Waals surface area (Å²) >= 11 is 3.84. The summed E-state index contributed by atoms with van der Waals surface area (Å²) < 4.78 is 5.33. The van der Waals surface area contributed by atoms with Crippen molar-refractivity contribution in [3.05, 3.63) is 23.7 Å². The predicted octanol–water partition coefficient (Wildman–Crippen LogP) is 1.18. The standard InChI is InChI=1S/C9H13NO2S/c1-7-2-3-8(12-7)4-5-10-9(11)6-13/h2-3,13H,4-6H2,1H3,(H,10,11). The molecular formula is C9H13NO2S. The lowest BCUT2D eigenvalue weighted by Crippen LogP contribution is -2.26. The molecule has 0 spiro atoms. The van der Waals surface area contributed by atoms with Crippen molar-refractivity contribution in [2.45, 2.75) is 13.3 Å². The Bertz CT molecular complexity index is 283. The normalized spacial score (nSPS) is 10.0. The van der Waals surface area contributed by atoms with Gasteiger partial charge in [0, 0.05) is 13.0 Å². The highest BCUT2D eigenvalue weighted by Gasteiger charge is 1.99. The first-order valence-corrected chi connectivity index (χ1v) is 4.78. The van der Waals surface area contributed by atoms with Crippen molar-refractivity contribution in [1.82, 2.24) is 5.32 Å². The molecular weight excluding hydrogens is 186 g/mol. The van der Waals surface area contributed by atoms with Gasteiger partial charge < -0.3 is 9.73 Å². The van der Waals surface area contributed by atoms with Crippen LogP contribution in [0.4, 0.5) is 0 Å². The van der Waals surface area contributed by atoms with Gasteiger partial charge in [0.2, 0.25) is 5.91 Å². The van der Waals surface area contributed by atoms with Crippen molar-refractivity contribution < 1.29 is 9.21 Å². The molecule has 1 amide bonds. The van der Waals surface area contributed by atoms with E-state index in [-0.39, 0.29) is 11.7 Å². The Labute approximate surface area is 82.9 Å². The lowest BCUT2D eigenvalue weighted by atomic mass is 10.3. The highest BCUT2D eigenvalue weighted by molar-refractivity contribution is 7.81. The second-order valence-corrected chi connectivity index (χ2v) is 3.09. The third-order valence-corrected chi connectivity index (χ3v) is 1.92. The Morgan fingerprint density at radius 1 is 1.62 bits per heavy atom. The predicted molar refractivity (Wildman–Crippen MR) is 54.0 cm³/mol. The van der Waals surface area contributed by atoms with Crippen LogP contribution >= 0.6 is 12.6 Å². The van der Waals surface area contributed by atoms with Gasteiger partial charge in [-0.2, -0.15) is 12.6 Å². The molecule has 4 heteroatoms. The van der Waals surface area contributed by atoms with E-state index in [0.29, 0.717) is 6.54 Å². The van der Waals surface area contributed by atoms with E-state index in [1.807, 2.05) is 19.1 Å². The molecule has 0 radical (unpaired) electrons. The number of furan rings is 1. The molecule has 72 valence electrons. The molecule has 13 heavy (non-hydrogen) atoms. The molecule has 0 saturated heterocycles. The van der Waals surface area contributed by atoms with Crippen molar-refractivity contribution >= 4 is 18.5 Å². The van der Waals surface area contributed by atoms with Crippen LogP contribution in [0.3, 0.4) is 0 Å². The molecule has 1 rings (SSSR count). The molecule has 0 fully saturated rings. The third-order valence-electron chi connectivity index (χ3n) is 1.63. The van der Waals surface area contributed by atoms with Crippen LogP contribution in [-0.2, 0) is 11.2 Å². The minimum Gasteiger partial charge on any atom is -0.466 e. The van der Waals surface area contributed by atoms with Crippen LogP contribution in [0, 0.1) is 6.92 Å². The van der Waals surface area contributed by atoms with Crippen molar-refractivity contribution in [3.63, 3.8) is 0 Å². The van der Waals surface area contributed by atoms with Gasteiger partial charge >= 0.3 is 0 Å². The SMILES string of the molecule is Cc1ccc(CCNC(=O)CS)o1. The lowest BCUT2D eigenvalue weighted by molar-refractivity contribution is -0.118. The van der Waals surface area contributed by atoms with Gasteiger partial charge in [-0.05, 0) is 19.1 Å². The Morgan fingerprint density at radius 2 is 2.38 bits per heavy atom. The number of hydrogen-bond donors (Lipinski definition) is 2. The lowest BCUT2D eigenvalue weighted by Gasteiger charge is -2.00. The summed E-state index contributed by atoms with van der Waals surface area (Å²) in [4.78, 5) is 10.8. The van der Waals surface area contributed by atoms with Crippen LogP contribution < -0.4 is 5.32 Å². The van der Waals surface area contributed by atoms with E-state index < -0.39 is 0 Å². The van der Waals surface area contributed by atoms with E-state index >= 15 is 0 Å². The van der Waals surface area contributed by atoms with Crippen molar-refractivity contribution in [2.24, 2.45) is 0 Å². The van der Waals surface area contributed by atoms with Gasteiger partial charge in [-0.1, -0.05) is 0 Å². The Morgan fingerprint density at radius 3 is 2.92 bits per heavy atom. The minimum absolute atomic E-state index is 0.0494. The van der Waals surface area contributed by atoms with E-state index in [9.17, 15) is 4.79 Å². The zero-order valence-electron chi connectivity index (χ0n) is 7.54. The fourth-order valence-corrected chi connectivity index (χ4v) is 1.11. The molecule has 1 aromatic rings. The Kier molecular flexibility index (Phi) is 3.89. The fraction of sp³-hybridized carbons (Fsp3) is 0.444. The summed E-state index contributed by atoms with van der Waals surface area (Å²) in [5.41, 5.74) is 0. The van der Waals surface area contributed by atoms with E-state index in [1.54, 1.807) is 0 Å². The van der Waals surface area contributed by atoms with Gasteiger partial charge in [-0.15, -0.1) is 0 Å². The first-order chi connectivity index (χ1) is 6.22. The summed E-state index contributed by atoms with van der Waals surface area (Å²) in [7, 11) is 0. The molecule has 0 aliphatic carbocycles. The van der Waals surface area contributed by atoms with Crippen molar-refractivity contribution in [3.8, 4) is 0 Å². The molecule has 1 heterocycles. The number of hydrogen-bond acceptors (Lipinski definition) is 3. The van der Waals surface area contributed by atoms with E-state index in [0.717, 1.165) is 17.9 Å². The molecule has 0 unspecified atom stereocenters. The fourth-order valence-electron chi connectivity index (χ4n) is 1.00. The van der Waals surface area contributed by atoms with Crippen LogP contribution in [0.2, 0.25) is 0 Å². The zero-order valence-corrected chi connectivity index (χ0v) is 8.43. The molecule has 0 aliphatic heterocycles. The number of thiol groups is 1. The van der Waals surface area contributed by atoms with E-state index in [2.05, 4.69) is 17.9 Å². The van der Waals surface area contributed by atoms with Gasteiger partial charge in [-0.25, -0.2) is 0 Å². The Balaban J connectivity index is 2.24. The maximum absolute atomic E-state index is 10.8. The number of nitrogens with one attached hydrogen (secondary N) is 1. The number of aryl methyl sites for hydroxylation is 1. The van der Waals surface area contributed by atoms with Gasteiger partial charge in [0.1, 0.15) is 11.5 Å². The van der Waals surface area contributed by atoms with Gasteiger partial charge in [0.05, 0.1) is 5.75 Å². The van der Waals surface area contributed by atoms with Crippen LogP contribution in [0.5, 0.6) is 0 Å². The molecule has 0 aliphatic rings. The summed E-state index contributed by atoms with van der Waals surface area (Å²) in [6.07, 6.45) is 0.730. The largest absolute Gasteiger partial charge is 0.466 e. The molecule has 3 nitrogen and oxygen atoms in total. The number of carbonyl (C=O) groups excluding carboxylic acids is 1. The molecule has 0 bridgehead atoms.